The van der Waals surface area contributed by atoms with Gasteiger partial charge in [-0.15, -0.1) is 0 Å². The fourth-order valence-corrected chi connectivity index (χ4v) is 3.28. The second-order valence-corrected chi connectivity index (χ2v) is 6.43. The Morgan fingerprint density at radius 3 is 2.86 bits per heavy atom. The van der Waals surface area contributed by atoms with Gasteiger partial charge >= 0.3 is 0 Å². The van der Waals surface area contributed by atoms with E-state index in [1.54, 1.807) is 12.1 Å². The van der Waals surface area contributed by atoms with E-state index < -0.39 is 0 Å². The average molecular weight is 292 g/mol. The second-order valence-electron chi connectivity index (χ2n) is 6.43. The van der Waals surface area contributed by atoms with Crippen LogP contribution in [0, 0.1) is 11.7 Å². The normalized spacial score (nSPS) is 24.1. The molecule has 0 saturated carbocycles. The summed E-state index contributed by atoms with van der Waals surface area (Å²) in [4.78, 5) is 2.47. The van der Waals surface area contributed by atoms with Gasteiger partial charge in [-0.25, -0.2) is 4.39 Å². The van der Waals surface area contributed by atoms with Crippen LogP contribution in [0.15, 0.2) is 18.2 Å². The van der Waals surface area contributed by atoms with Crippen LogP contribution in [0.2, 0.25) is 0 Å². The lowest BCUT2D eigenvalue weighted by atomic mass is 9.90. The molecule has 1 saturated heterocycles. The second kappa shape index (κ2) is 7.26. The molecule has 1 aromatic carbocycles. The first kappa shape index (κ1) is 16.3. The number of nitrogens with zero attached hydrogens (tertiary/aromatic N) is 1. The smallest absolute Gasteiger partial charge is 0.123 e. The molecule has 1 aliphatic heterocycles. The maximum Gasteiger partial charge on any atom is 0.123 e. The third kappa shape index (κ3) is 3.76. The number of benzene rings is 1. The molecule has 0 spiro atoms. The predicted octanol–water partition coefficient (Wildman–Crippen LogP) is 4.51. The first-order chi connectivity index (χ1) is 10.0. The van der Waals surface area contributed by atoms with Gasteiger partial charge in [0, 0.05) is 24.3 Å². The molecule has 0 aromatic heterocycles. The summed E-state index contributed by atoms with van der Waals surface area (Å²) in [6, 6.07) is 5.96. The van der Waals surface area contributed by atoms with E-state index in [1.807, 2.05) is 6.07 Å². The zero-order valence-corrected chi connectivity index (χ0v) is 13.8. The average Bonchev–Trinajstić information content (AvgIpc) is 2.48. The highest BCUT2D eigenvalue weighted by Crippen LogP contribution is 2.33. The van der Waals surface area contributed by atoms with Crippen LogP contribution >= 0.6 is 0 Å². The van der Waals surface area contributed by atoms with Crippen molar-refractivity contribution in [1.82, 2.24) is 5.32 Å². The van der Waals surface area contributed by atoms with Crippen molar-refractivity contribution in [2.24, 2.45) is 5.92 Å². The van der Waals surface area contributed by atoms with Crippen molar-refractivity contribution in [1.29, 1.82) is 0 Å². The summed E-state index contributed by atoms with van der Waals surface area (Å²) in [7, 11) is 0. The number of anilines is 1. The van der Waals surface area contributed by atoms with Gasteiger partial charge in [0.25, 0.3) is 0 Å². The fraction of sp³-hybridized carbons (Fsp3) is 0.667. The molecule has 2 rings (SSSR count). The minimum atomic E-state index is -0.142. The minimum Gasteiger partial charge on any atom is -0.368 e. The highest BCUT2D eigenvalue weighted by molar-refractivity contribution is 5.56. The molecule has 118 valence electrons. The Labute approximate surface area is 128 Å². The summed E-state index contributed by atoms with van der Waals surface area (Å²) in [5.41, 5.74) is 2.29. The van der Waals surface area contributed by atoms with Crippen molar-refractivity contribution in [3.8, 4) is 0 Å². The van der Waals surface area contributed by atoms with Gasteiger partial charge < -0.3 is 10.2 Å². The first-order valence-electron chi connectivity index (χ1n) is 8.34. The first-order valence-corrected chi connectivity index (χ1v) is 8.34. The molecule has 0 bridgehead atoms. The van der Waals surface area contributed by atoms with E-state index in [4.69, 9.17) is 0 Å². The molecule has 3 atom stereocenters. The Morgan fingerprint density at radius 2 is 2.14 bits per heavy atom. The Balaban J connectivity index is 2.29. The molecule has 1 aliphatic rings. The number of hydrogen-bond donors (Lipinski definition) is 1. The van der Waals surface area contributed by atoms with Gasteiger partial charge in [-0.3, -0.25) is 0 Å². The summed E-state index contributed by atoms with van der Waals surface area (Å²) >= 11 is 0. The van der Waals surface area contributed by atoms with Crippen LogP contribution in [-0.4, -0.2) is 19.1 Å². The zero-order chi connectivity index (χ0) is 15.4. The standard InChI is InChI=1S/C18H29FN2/c1-5-10-20-14(3)17-12-16(19)8-9-18(17)21-11-6-7-13(2)15(21)4/h8-9,12-15,20H,5-7,10-11H2,1-4H3. The van der Waals surface area contributed by atoms with Crippen molar-refractivity contribution in [3.05, 3.63) is 29.6 Å². The summed E-state index contributed by atoms with van der Waals surface area (Å²) in [5.74, 6) is 0.548. The highest BCUT2D eigenvalue weighted by atomic mass is 19.1. The van der Waals surface area contributed by atoms with Crippen molar-refractivity contribution in [2.75, 3.05) is 18.0 Å². The fourth-order valence-electron chi connectivity index (χ4n) is 3.28. The molecule has 0 radical (unpaired) electrons. The van der Waals surface area contributed by atoms with E-state index >= 15 is 0 Å². The Kier molecular flexibility index (Phi) is 5.63. The predicted molar refractivity (Wildman–Crippen MR) is 88.3 cm³/mol. The molecule has 1 aromatic rings. The largest absolute Gasteiger partial charge is 0.368 e. The highest BCUT2D eigenvalue weighted by Gasteiger charge is 2.27. The van der Waals surface area contributed by atoms with E-state index in [1.165, 1.54) is 18.5 Å². The van der Waals surface area contributed by atoms with Gasteiger partial charge in [-0.1, -0.05) is 13.8 Å². The summed E-state index contributed by atoms with van der Waals surface area (Å²) in [6.07, 6.45) is 3.60. The monoisotopic (exact) mass is 292 g/mol. The maximum atomic E-state index is 13.7. The van der Waals surface area contributed by atoms with Crippen molar-refractivity contribution >= 4 is 5.69 Å². The van der Waals surface area contributed by atoms with Gasteiger partial charge in [0.1, 0.15) is 5.82 Å². The number of rotatable bonds is 5. The number of piperidine rings is 1. The number of halogens is 1. The third-order valence-electron chi connectivity index (χ3n) is 4.84. The topological polar surface area (TPSA) is 15.3 Å². The zero-order valence-electron chi connectivity index (χ0n) is 13.8. The molecule has 3 unspecified atom stereocenters. The van der Waals surface area contributed by atoms with Crippen LogP contribution < -0.4 is 10.2 Å². The van der Waals surface area contributed by atoms with Crippen molar-refractivity contribution in [3.63, 3.8) is 0 Å². The molecule has 1 fully saturated rings. The molecule has 21 heavy (non-hydrogen) atoms. The molecule has 1 heterocycles. The van der Waals surface area contributed by atoms with Crippen LogP contribution in [0.4, 0.5) is 10.1 Å². The molecule has 2 nitrogen and oxygen atoms in total. The van der Waals surface area contributed by atoms with Crippen LogP contribution in [0.5, 0.6) is 0 Å². The lowest BCUT2D eigenvalue weighted by Gasteiger charge is -2.41. The van der Waals surface area contributed by atoms with Crippen molar-refractivity contribution < 1.29 is 4.39 Å². The third-order valence-corrected chi connectivity index (χ3v) is 4.84. The molecule has 0 aliphatic carbocycles. The Morgan fingerprint density at radius 1 is 1.38 bits per heavy atom. The summed E-state index contributed by atoms with van der Waals surface area (Å²) < 4.78 is 13.7. The summed E-state index contributed by atoms with van der Waals surface area (Å²) in [5, 5.41) is 3.49. The van der Waals surface area contributed by atoms with E-state index in [-0.39, 0.29) is 11.9 Å². The van der Waals surface area contributed by atoms with E-state index in [9.17, 15) is 4.39 Å². The molecule has 1 N–H and O–H groups in total. The van der Waals surface area contributed by atoms with Gasteiger partial charge in [-0.05, 0) is 69.3 Å². The van der Waals surface area contributed by atoms with Gasteiger partial charge in [0.2, 0.25) is 0 Å². The van der Waals surface area contributed by atoms with Crippen LogP contribution in [0.1, 0.15) is 58.6 Å². The number of hydrogen-bond acceptors (Lipinski definition) is 2. The van der Waals surface area contributed by atoms with Gasteiger partial charge in [0.05, 0.1) is 0 Å². The quantitative estimate of drug-likeness (QED) is 0.859. The Bertz CT molecular complexity index is 461. The lowest BCUT2D eigenvalue weighted by Crippen LogP contribution is -2.43. The molecule has 0 amide bonds. The van der Waals surface area contributed by atoms with E-state index in [0.29, 0.717) is 12.0 Å². The van der Waals surface area contributed by atoms with Crippen LogP contribution in [0.3, 0.4) is 0 Å². The lowest BCUT2D eigenvalue weighted by molar-refractivity contribution is 0.362. The molecule has 3 heteroatoms. The Hall–Kier alpha value is -1.09. The molecular formula is C18H29FN2. The number of nitrogens with one attached hydrogen (secondary N) is 1. The summed E-state index contributed by atoms with van der Waals surface area (Å²) in [6.45, 7) is 10.9. The SMILES string of the molecule is CCCNC(C)c1cc(F)ccc1N1CCCC(C)C1C. The van der Waals surface area contributed by atoms with Gasteiger partial charge in [0.15, 0.2) is 0 Å². The minimum absolute atomic E-state index is 0.142. The van der Waals surface area contributed by atoms with E-state index in [2.05, 4.69) is 37.9 Å². The van der Waals surface area contributed by atoms with Crippen LogP contribution in [-0.2, 0) is 0 Å². The maximum absolute atomic E-state index is 13.7. The molecular weight excluding hydrogens is 263 g/mol. The van der Waals surface area contributed by atoms with Gasteiger partial charge in [-0.2, -0.15) is 0 Å². The van der Waals surface area contributed by atoms with Crippen LogP contribution in [0.25, 0.3) is 0 Å². The van der Waals surface area contributed by atoms with Crippen molar-refractivity contribution in [2.45, 2.75) is 59.0 Å². The van der Waals surface area contributed by atoms with E-state index in [0.717, 1.165) is 25.1 Å².